The van der Waals surface area contributed by atoms with Crippen LogP contribution in [0.25, 0.3) is 5.65 Å². The van der Waals surface area contributed by atoms with E-state index in [9.17, 15) is 4.79 Å². The highest BCUT2D eigenvalue weighted by Crippen LogP contribution is 2.28. The smallest absolute Gasteiger partial charge is 0.255 e. The Morgan fingerprint density at radius 2 is 1.81 bits per heavy atom. The third-order valence-electron chi connectivity index (χ3n) is 5.51. The Bertz CT molecular complexity index is 1200. The maximum Gasteiger partial charge on any atom is 0.255 e. The minimum atomic E-state index is 0.0758. The lowest BCUT2D eigenvalue weighted by Crippen LogP contribution is -2.49. The predicted molar refractivity (Wildman–Crippen MR) is 129 cm³/mol. The number of halogens is 1. The maximum absolute atomic E-state index is 13.3. The zero-order valence-corrected chi connectivity index (χ0v) is 19.0. The molecule has 0 saturated carbocycles. The summed E-state index contributed by atoms with van der Waals surface area (Å²) in [5.41, 5.74) is 2.67. The Balaban J connectivity index is 1.25. The van der Waals surface area contributed by atoms with Crippen LogP contribution in [0.1, 0.15) is 16.1 Å². The van der Waals surface area contributed by atoms with E-state index in [0.29, 0.717) is 23.9 Å². The Labute approximate surface area is 195 Å². The highest BCUT2D eigenvalue weighted by Gasteiger charge is 2.24. The minimum absolute atomic E-state index is 0.0758. The Hall–Kier alpha value is -3.03. The number of amides is 1. The van der Waals surface area contributed by atoms with Crippen molar-refractivity contribution in [2.45, 2.75) is 10.6 Å². The zero-order valence-electron chi connectivity index (χ0n) is 17.4. The van der Waals surface area contributed by atoms with Gasteiger partial charge in [0.15, 0.2) is 0 Å². The van der Waals surface area contributed by atoms with Crippen LogP contribution < -0.4 is 4.90 Å². The lowest BCUT2D eigenvalue weighted by atomic mass is 10.2. The topological polar surface area (TPSA) is 53.7 Å². The van der Waals surface area contributed by atoms with Crippen molar-refractivity contribution in [1.29, 1.82) is 0 Å². The molecule has 162 valence electrons. The average molecular weight is 464 g/mol. The fourth-order valence-corrected chi connectivity index (χ4v) is 4.88. The second kappa shape index (κ2) is 9.22. The Morgan fingerprint density at radius 1 is 1.00 bits per heavy atom. The third-order valence-corrected chi connectivity index (χ3v) is 6.84. The quantitative estimate of drug-likeness (QED) is 0.404. The number of thioether (sulfide) groups is 1. The minimum Gasteiger partial charge on any atom is -0.353 e. The number of hydrogen-bond acceptors (Lipinski definition) is 5. The Kier molecular flexibility index (Phi) is 6.01. The van der Waals surface area contributed by atoms with Gasteiger partial charge in [-0.05, 0) is 36.4 Å². The molecule has 1 saturated heterocycles. The van der Waals surface area contributed by atoms with Crippen LogP contribution in [0.3, 0.4) is 0 Å². The zero-order chi connectivity index (χ0) is 21.9. The molecule has 8 heteroatoms. The van der Waals surface area contributed by atoms with Gasteiger partial charge in [0.25, 0.3) is 5.91 Å². The predicted octanol–water partition coefficient (Wildman–Crippen LogP) is 4.64. The van der Waals surface area contributed by atoms with Crippen LogP contribution in [0.2, 0.25) is 5.02 Å². The van der Waals surface area contributed by atoms with Crippen molar-refractivity contribution in [3.05, 3.63) is 89.5 Å². The van der Waals surface area contributed by atoms with Crippen LogP contribution in [-0.2, 0) is 5.75 Å². The summed E-state index contributed by atoms with van der Waals surface area (Å²) in [5.74, 6) is 1.68. The van der Waals surface area contributed by atoms with Gasteiger partial charge in [0.05, 0.1) is 16.3 Å². The number of rotatable bonds is 5. The van der Waals surface area contributed by atoms with E-state index < -0.39 is 0 Å². The first-order valence-electron chi connectivity index (χ1n) is 10.5. The van der Waals surface area contributed by atoms with E-state index in [1.807, 2.05) is 76.3 Å². The molecule has 0 atom stereocenters. The number of imidazole rings is 1. The van der Waals surface area contributed by atoms with Crippen LogP contribution in [-0.4, -0.2) is 51.4 Å². The van der Waals surface area contributed by atoms with Gasteiger partial charge in [-0.3, -0.25) is 4.79 Å². The molecule has 4 aromatic rings. The summed E-state index contributed by atoms with van der Waals surface area (Å²) in [7, 11) is 0. The lowest BCUT2D eigenvalue weighted by molar-refractivity contribution is 0.0743. The van der Waals surface area contributed by atoms with Crippen LogP contribution in [0.5, 0.6) is 0 Å². The van der Waals surface area contributed by atoms with Gasteiger partial charge < -0.3 is 14.2 Å². The fraction of sp³-hybridized carbons (Fsp3) is 0.208. The molecule has 3 aromatic heterocycles. The molecular formula is C24H22ClN5OS. The molecule has 5 rings (SSSR count). The van der Waals surface area contributed by atoms with Gasteiger partial charge >= 0.3 is 0 Å². The van der Waals surface area contributed by atoms with Crippen molar-refractivity contribution < 1.29 is 4.79 Å². The SMILES string of the molecule is O=C(c1ccccc1SCc1cn2ccccc2n1)N1CCN(c2ccc(Cl)cn2)CC1. The van der Waals surface area contributed by atoms with Crippen molar-refractivity contribution in [3.63, 3.8) is 0 Å². The number of fused-ring (bicyclic) bond motifs is 1. The number of carbonyl (C=O) groups excluding carboxylic acids is 1. The number of benzene rings is 1. The molecule has 0 aliphatic carbocycles. The Morgan fingerprint density at radius 3 is 2.59 bits per heavy atom. The van der Waals surface area contributed by atoms with E-state index in [4.69, 9.17) is 11.6 Å². The first kappa shape index (κ1) is 20.8. The summed E-state index contributed by atoms with van der Waals surface area (Å²) in [6.45, 7) is 2.82. The highest BCUT2D eigenvalue weighted by atomic mass is 35.5. The van der Waals surface area contributed by atoms with Gasteiger partial charge in [0.2, 0.25) is 0 Å². The summed E-state index contributed by atoms with van der Waals surface area (Å²) in [6, 6.07) is 17.6. The summed E-state index contributed by atoms with van der Waals surface area (Å²) in [5, 5.41) is 0.625. The fourth-order valence-electron chi connectivity index (χ4n) is 3.84. The van der Waals surface area contributed by atoms with Gasteiger partial charge in [-0.2, -0.15) is 0 Å². The number of anilines is 1. The van der Waals surface area contributed by atoms with E-state index in [1.165, 1.54) is 0 Å². The highest BCUT2D eigenvalue weighted by molar-refractivity contribution is 7.98. The molecule has 1 aromatic carbocycles. The van der Waals surface area contributed by atoms with Crippen molar-refractivity contribution in [1.82, 2.24) is 19.3 Å². The van der Waals surface area contributed by atoms with E-state index in [2.05, 4.69) is 14.9 Å². The number of nitrogens with zero attached hydrogens (tertiary/aromatic N) is 5. The molecule has 0 radical (unpaired) electrons. The maximum atomic E-state index is 13.3. The summed E-state index contributed by atoms with van der Waals surface area (Å²) in [6.07, 6.45) is 5.69. The average Bonchev–Trinajstić information content (AvgIpc) is 3.26. The number of hydrogen-bond donors (Lipinski definition) is 0. The molecule has 6 nitrogen and oxygen atoms in total. The van der Waals surface area contributed by atoms with E-state index in [0.717, 1.165) is 40.7 Å². The van der Waals surface area contributed by atoms with Crippen LogP contribution in [0.15, 0.2) is 78.1 Å². The molecule has 1 aliphatic heterocycles. The first-order chi connectivity index (χ1) is 15.7. The number of pyridine rings is 2. The normalized spacial score (nSPS) is 14.2. The molecule has 1 amide bonds. The second-order valence-corrected chi connectivity index (χ2v) is 9.05. The molecule has 4 heterocycles. The number of carbonyl (C=O) groups is 1. The first-order valence-corrected chi connectivity index (χ1v) is 11.8. The van der Waals surface area contributed by atoms with Crippen LogP contribution in [0, 0.1) is 0 Å². The summed E-state index contributed by atoms with van der Waals surface area (Å²) < 4.78 is 2.02. The van der Waals surface area contributed by atoms with Crippen molar-refractivity contribution >= 4 is 40.7 Å². The third kappa shape index (κ3) is 4.45. The summed E-state index contributed by atoms with van der Waals surface area (Å²) in [4.78, 5) is 27.5. The van der Waals surface area contributed by atoms with Gasteiger partial charge in [-0.15, -0.1) is 11.8 Å². The van der Waals surface area contributed by atoms with Gasteiger partial charge in [-0.1, -0.05) is 29.8 Å². The van der Waals surface area contributed by atoms with E-state index in [1.54, 1.807) is 18.0 Å². The van der Waals surface area contributed by atoms with E-state index >= 15 is 0 Å². The van der Waals surface area contributed by atoms with Crippen LogP contribution in [0.4, 0.5) is 5.82 Å². The standard InChI is InChI=1S/C24H22ClN5OS/c25-18-8-9-22(26-15-18)28-11-13-29(14-12-28)24(31)20-5-1-2-6-21(20)32-17-19-16-30-10-4-3-7-23(30)27-19/h1-10,15-16H,11-14,17H2. The molecule has 0 unspecified atom stereocenters. The largest absolute Gasteiger partial charge is 0.353 e. The summed E-state index contributed by atoms with van der Waals surface area (Å²) >= 11 is 7.59. The molecule has 0 N–H and O–H groups in total. The van der Waals surface area contributed by atoms with E-state index in [-0.39, 0.29) is 5.91 Å². The van der Waals surface area contributed by atoms with Gasteiger partial charge in [-0.25, -0.2) is 9.97 Å². The van der Waals surface area contributed by atoms with Gasteiger partial charge in [0, 0.05) is 55.4 Å². The molecule has 0 bridgehead atoms. The number of aromatic nitrogens is 3. The lowest BCUT2D eigenvalue weighted by Gasteiger charge is -2.35. The monoisotopic (exact) mass is 463 g/mol. The van der Waals surface area contributed by atoms with Crippen LogP contribution >= 0.6 is 23.4 Å². The van der Waals surface area contributed by atoms with Crippen molar-refractivity contribution in [2.75, 3.05) is 31.1 Å². The van der Waals surface area contributed by atoms with Gasteiger partial charge in [0.1, 0.15) is 11.5 Å². The number of piperazine rings is 1. The molecule has 32 heavy (non-hydrogen) atoms. The van der Waals surface area contributed by atoms with Crippen molar-refractivity contribution in [2.24, 2.45) is 0 Å². The molecule has 0 spiro atoms. The van der Waals surface area contributed by atoms with Crippen molar-refractivity contribution in [3.8, 4) is 0 Å². The molecule has 1 fully saturated rings. The molecular weight excluding hydrogens is 442 g/mol. The second-order valence-electron chi connectivity index (χ2n) is 7.60. The molecule has 1 aliphatic rings.